The smallest absolute Gasteiger partial charge is 0.351 e. The van der Waals surface area contributed by atoms with Gasteiger partial charge in [0, 0.05) is 6.61 Å². The predicted octanol–water partition coefficient (Wildman–Crippen LogP) is 7.19. The summed E-state index contributed by atoms with van der Waals surface area (Å²) in [5, 5.41) is 17.6. The highest BCUT2D eigenvalue weighted by Crippen LogP contribution is 2.35. The van der Waals surface area contributed by atoms with Gasteiger partial charge in [0.1, 0.15) is 6.10 Å². The van der Waals surface area contributed by atoms with Gasteiger partial charge in [-0.05, 0) is 31.4 Å². The van der Waals surface area contributed by atoms with Crippen LogP contribution in [0.5, 0.6) is 0 Å². The third-order valence-corrected chi connectivity index (χ3v) is 8.84. The molecule has 0 saturated heterocycles. The Hall–Kier alpha value is -0.240. The standard InChI is InChI=1S/C27H51O7PS/c1-3-5-7-8-9-10-11-15-19-32-24(21-33-23-17-13-12-14-18-23)22-34-26(36-20-16-6-4-2)27(30,35-31)25(28)29/h23-24,26,30H,3-22H2,1-2H3,(H,28,29). The van der Waals surface area contributed by atoms with Crippen molar-refractivity contribution in [3.63, 3.8) is 0 Å². The summed E-state index contributed by atoms with van der Waals surface area (Å²) in [5.74, 6) is -0.937. The summed E-state index contributed by atoms with van der Waals surface area (Å²) in [7, 11) is -0.884. The lowest BCUT2D eigenvalue weighted by molar-refractivity contribution is -0.158. The molecule has 2 N–H and O–H groups in total. The first-order valence-corrected chi connectivity index (χ1v) is 16.1. The average Bonchev–Trinajstić information content (AvgIpc) is 2.89. The third kappa shape index (κ3) is 14.6. The molecule has 1 aliphatic rings. The molecule has 0 radical (unpaired) electrons. The molecule has 1 fully saturated rings. The summed E-state index contributed by atoms with van der Waals surface area (Å²) < 4.78 is 29.8. The van der Waals surface area contributed by atoms with Gasteiger partial charge in [0.05, 0.1) is 19.3 Å². The number of thioether (sulfide) groups is 1. The van der Waals surface area contributed by atoms with Crippen LogP contribution in [0.1, 0.15) is 117 Å². The zero-order chi connectivity index (χ0) is 26.5. The molecule has 0 spiro atoms. The fourth-order valence-electron chi connectivity index (χ4n) is 4.31. The van der Waals surface area contributed by atoms with E-state index in [9.17, 15) is 19.6 Å². The van der Waals surface area contributed by atoms with Gasteiger partial charge in [-0.15, -0.1) is 11.8 Å². The molecule has 9 heteroatoms. The maximum atomic E-state index is 11.7. The van der Waals surface area contributed by atoms with E-state index < -0.39 is 25.2 Å². The zero-order valence-corrected chi connectivity index (χ0v) is 24.4. The number of carboxylic acid groups (broad SMARTS) is 1. The molecule has 1 rings (SSSR count). The number of ether oxygens (including phenoxy) is 3. The van der Waals surface area contributed by atoms with Crippen molar-refractivity contribution in [1.82, 2.24) is 0 Å². The van der Waals surface area contributed by atoms with E-state index in [0.29, 0.717) is 19.0 Å². The molecule has 212 valence electrons. The normalized spacial score (nSPS) is 18.2. The van der Waals surface area contributed by atoms with Crippen molar-refractivity contribution in [2.45, 2.75) is 140 Å². The van der Waals surface area contributed by atoms with Crippen LogP contribution < -0.4 is 0 Å². The molecule has 0 amide bonds. The Labute approximate surface area is 225 Å². The van der Waals surface area contributed by atoms with Gasteiger partial charge in [0.25, 0.3) is 5.34 Å². The van der Waals surface area contributed by atoms with Crippen LogP contribution in [-0.4, -0.2) is 64.7 Å². The number of carbonyl (C=O) groups is 1. The molecule has 0 heterocycles. The van der Waals surface area contributed by atoms with Crippen molar-refractivity contribution in [3.8, 4) is 0 Å². The Morgan fingerprint density at radius 2 is 1.53 bits per heavy atom. The summed E-state index contributed by atoms with van der Waals surface area (Å²) >= 11 is 1.20. The first-order chi connectivity index (χ1) is 17.5. The second-order valence-electron chi connectivity index (χ2n) is 9.93. The van der Waals surface area contributed by atoms with E-state index in [1.807, 2.05) is 0 Å². The highest BCUT2D eigenvalue weighted by molar-refractivity contribution is 8.00. The number of rotatable bonds is 24. The van der Waals surface area contributed by atoms with Gasteiger partial charge in [0.15, 0.2) is 5.44 Å². The second kappa shape index (κ2) is 21.7. The van der Waals surface area contributed by atoms with Gasteiger partial charge in [-0.3, -0.25) is 4.57 Å². The molecule has 0 aliphatic heterocycles. The van der Waals surface area contributed by atoms with E-state index in [-0.39, 0.29) is 18.8 Å². The van der Waals surface area contributed by atoms with Crippen molar-refractivity contribution >= 4 is 26.2 Å². The maximum absolute atomic E-state index is 11.7. The Kier molecular flexibility index (Phi) is 20.3. The highest BCUT2D eigenvalue weighted by Gasteiger charge is 2.47. The zero-order valence-electron chi connectivity index (χ0n) is 22.7. The van der Waals surface area contributed by atoms with Crippen LogP contribution in [0.15, 0.2) is 0 Å². The van der Waals surface area contributed by atoms with E-state index in [4.69, 9.17) is 14.2 Å². The number of aliphatic carboxylic acids is 1. The molecule has 7 nitrogen and oxygen atoms in total. The molecule has 0 bridgehead atoms. The monoisotopic (exact) mass is 550 g/mol. The van der Waals surface area contributed by atoms with Crippen LogP contribution >= 0.6 is 20.2 Å². The molecule has 36 heavy (non-hydrogen) atoms. The number of hydrogen-bond donors (Lipinski definition) is 2. The van der Waals surface area contributed by atoms with Gasteiger partial charge in [-0.1, -0.05) is 90.9 Å². The number of aliphatic hydroxyl groups is 1. The van der Waals surface area contributed by atoms with E-state index >= 15 is 0 Å². The average molecular weight is 551 g/mol. The van der Waals surface area contributed by atoms with Crippen LogP contribution in [-0.2, 0) is 23.6 Å². The van der Waals surface area contributed by atoms with Crippen molar-refractivity contribution in [2.75, 3.05) is 25.6 Å². The molecular formula is C27H51O7PS. The van der Waals surface area contributed by atoms with Crippen molar-refractivity contribution in [1.29, 1.82) is 0 Å². The largest absolute Gasteiger partial charge is 0.478 e. The Bertz CT molecular complexity index is 562. The van der Waals surface area contributed by atoms with Crippen molar-refractivity contribution < 1.29 is 33.8 Å². The van der Waals surface area contributed by atoms with Crippen LogP contribution in [0.4, 0.5) is 0 Å². The maximum Gasteiger partial charge on any atom is 0.351 e. The molecule has 3 unspecified atom stereocenters. The minimum absolute atomic E-state index is 0.0836. The van der Waals surface area contributed by atoms with Crippen molar-refractivity contribution in [2.24, 2.45) is 0 Å². The Morgan fingerprint density at radius 3 is 2.14 bits per heavy atom. The minimum Gasteiger partial charge on any atom is -0.478 e. The fourth-order valence-corrected chi connectivity index (χ4v) is 5.99. The Balaban J connectivity index is 2.60. The summed E-state index contributed by atoms with van der Waals surface area (Å²) in [5.41, 5.74) is -1.16. The van der Waals surface area contributed by atoms with Crippen LogP contribution in [0.2, 0.25) is 0 Å². The molecule has 0 aromatic carbocycles. The third-order valence-electron chi connectivity index (χ3n) is 6.65. The Morgan fingerprint density at radius 1 is 0.917 bits per heavy atom. The van der Waals surface area contributed by atoms with Gasteiger partial charge < -0.3 is 24.4 Å². The van der Waals surface area contributed by atoms with Crippen LogP contribution in [0, 0.1) is 0 Å². The summed E-state index contributed by atoms with van der Waals surface area (Å²) in [6.45, 7) is 5.36. The number of unbranched alkanes of at least 4 members (excludes halogenated alkanes) is 9. The fraction of sp³-hybridized carbons (Fsp3) is 0.963. The first kappa shape index (κ1) is 33.8. The SMILES string of the molecule is CCCCCCCCCCOC(COC1CCCCC1)COC(SCCCCC)C(O)(P=O)C(=O)O. The lowest BCUT2D eigenvalue weighted by atomic mass is 9.98. The van der Waals surface area contributed by atoms with E-state index in [1.54, 1.807) is 0 Å². The van der Waals surface area contributed by atoms with Gasteiger partial charge >= 0.3 is 5.97 Å². The summed E-state index contributed by atoms with van der Waals surface area (Å²) in [6, 6.07) is 0. The van der Waals surface area contributed by atoms with Gasteiger partial charge in [0.2, 0.25) is 8.46 Å². The molecule has 0 aromatic rings. The predicted molar refractivity (Wildman–Crippen MR) is 147 cm³/mol. The lowest BCUT2D eigenvalue weighted by Gasteiger charge is -2.29. The summed E-state index contributed by atoms with van der Waals surface area (Å²) in [4.78, 5) is 11.7. The minimum atomic E-state index is -2.50. The van der Waals surface area contributed by atoms with Crippen LogP contribution in [0.25, 0.3) is 0 Å². The lowest BCUT2D eigenvalue weighted by Crippen LogP contribution is -2.46. The molecule has 3 atom stereocenters. The number of carboxylic acids is 1. The first-order valence-electron chi connectivity index (χ1n) is 14.2. The van der Waals surface area contributed by atoms with Gasteiger partial charge in [-0.2, -0.15) is 0 Å². The molecular weight excluding hydrogens is 499 g/mol. The van der Waals surface area contributed by atoms with E-state index in [2.05, 4.69) is 13.8 Å². The summed E-state index contributed by atoms with van der Waals surface area (Å²) in [6.07, 6.45) is 18.2. The molecule has 1 aliphatic carbocycles. The number of hydrogen-bond acceptors (Lipinski definition) is 7. The van der Waals surface area contributed by atoms with E-state index in [1.165, 1.54) is 69.5 Å². The highest BCUT2D eigenvalue weighted by atomic mass is 32.2. The second-order valence-corrected chi connectivity index (χ2v) is 12.0. The molecule has 0 aromatic heterocycles. The van der Waals surface area contributed by atoms with Crippen molar-refractivity contribution in [3.05, 3.63) is 0 Å². The topological polar surface area (TPSA) is 102 Å². The van der Waals surface area contributed by atoms with E-state index in [0.717, 1.165) is 44.9 Å². The van der Waals surface area contributed by atoms with Crippen LogP contribution in [0.3, 0.4) is 0 Å². The molecule has 1 saturated carbocycles. The van der Waals surface area contributed by atoms with Gasteiger partial charge in [-0.25, -0.2) is 4.79 Å². The quantitative estimate of drug-likeness (QED) is 0.0739.